The number of hydrogen-bond acceptors (Lipinski definition) is 5. The largest absolute Gasteiger partial charge is 0.337 e. The van der Waals surface area contributed by atoms with E-state index in [9.17, 15) is 13.2 Å². The van der Waals surface area contributed by atoms with E-state index < -0.39 is 10.0 Å². The van der Waals surface area contributed by atoms with Gasteiger partial charge in [-0.2, -0.15) is 0 Å². The average molecular weight is 359 g/mol. The number of rotatable bonds is 4. The molecule has 0 fully saturated rings. The summed E-state index contributed by atoms with van der Waals surface area (Å²) in [6.07, 6.45) is 0. The number of sulfonamides is 1. The number of amides is 1. The molecule has 1 aromatic heterocycles. The summed E-state index contributed by atoms with van der Waals surface area (Å²) in [5.74, 6) is -0.0921. The zero-order chi connectivity index (χ0) is 18.2. The zero-order valence-corrected chi connectivity index (χ0v) is 14.8. The first-order valence-corrected chi connectivity index (χ1v) is 9.02. The molecule has 25 heavy (non-hydrogen) atoms. The van der Waals surface area contributed by atoms with Crippen molar-refractivity contribution < 1.29 is 17.7 Å². The predicted molar refractivity (Wildman–Crippen MR) is 95.0 cm³/mol. The summed E-state index contributed by atoms with van der Waals surface area (Å²) in [6.45, 7) is 4.87. The van der Waals surface area contributed by atoms with Gasteiger partial charge in [0.2, 0.25) is 11.8 Å². The van der Waals surface area contributed by atoms with E-state index >= 15 is 0 Å². The minimum absolute atomic E-state index is 0.0911. The molecule has 0 saturated heterocycles. The molecule has 0 aliphatic carbocycles. The quantitative estimate of drug-likeness (QED) is 0.745. The van der Waals surface area contributed by atoms with E-state index in [4.69, 9.17) is 4.52 Å². The molecule has 2 aromatic carbocycles. The fraction of sp³-hybridized carbons (Fsp3) is 0.176. The van der Waals surface area contributed by atoms with Gasteiger partial charge in [-0.3, -0.25) is 4.79 Å². The second-order valence-electron chi connectivity index (χ2n) is 5.73. The number of anilines is 2. The number of carbonyl (C=O) groups excluding carboxylic acids is 1. The highest BCUT2D eigenvalue weighted by molar-refractivity contribution is 7.92. The van der Waals surface area contributed by atoms with Crippen molar-refractivity contribution in [2.24, 2.45) is 0 Å². The Labute approximate surface area is 145 Å². The SMILES string of the molecule is CC(=O)Nc1ccc2ccc(S(=O)(=O)Nc3onc(C)c3C)cc2c1. The van der Waals surface area contributed by atoms with Crippen LogP contribution in [0.4, 0.5) is 11.6 Å². The molecule has 0 atom stereocenters. The van der Waals surface area contributed by atoms with E-state index in [-0.39, 0.29) is 16.7 Å². The zero-order valence-electron chi connectivity index (χ0n) is 14.0. The lowest BCUT2D eigenvalue weighted by atomic mass is 10.1. The highest BCUT2D eigenvalue weighted by Crippen LogP contribution is 2.25. The maximum atomic E-state index is 12.6. The molecule has 0 aliphatic rings. The van der Waals surface area contributed by atoms with E-state index in [1.165, 1.54) is 13.0 Å². The lowest BCUT2D eigenvalue weighted by Crippen LogP contribution is -2.13. The Morgan fingerprint density at radius 2 is 1.80 bits per heavy atom. The molecule has 2 N–H and O–H groups in total. The molecule has 3 rings (SSSR count). The Kier molecular flexibility index (Phi) is 4.22. The molecular formula is C17H17N3O4S. The molecule has 130 valence electrons. The van der Waals surface area contributed by atoms with Crippen molar-refractivity contribution in [1.29, 1.82) is 0 Å². The van der Waals surface area contributed by atoms with Gasteiger partial charge < -0.3 is 9.84 Å². The Balaban J connectivity index is 1.99. The van der Waals surface area contributed by atoms with Crippen molar-refractivity contribution in [2.45, 2.75) is 25.7 Å². The summed E-state index contributed by atoms with van der Waals surface area (Å²) in [6, 6.07) is 10.1. The second kappa shape index (κ2) is 6.21. The topological polar surface area (TPSA) is 101 Å². The van der Waals surface area contributed by atoms with Crippen molar-refractivity contribution in [3.63, 3.8) is 0 Å². The number of benzene rings is 2. The predicted octanol–water partition coefficient (Wildman–Crippen LogP) is 3.20. The molecular weight excluding hydrogens is 342 g/mol. The van der Waals surface area contributed by atoms with Gasteiger partial charge in [-0.15, -0.1) is 0 Å². The molecule has 1 amide bonds. The summed E-state index contributed by atoms with van der Waals surface area (Å²) in [5.41, 5.74) is 1.86. The van der Waals surface area contributed by atoms with Crippen molar-refractivity contribution in [3.8, 4) is 0 Å². The van der Waals surface area contributed by atoms with Gasteiger partial charge in [-0.25, -0.2) is 13.1 Å². The number of nitrogens with one attached hydrogen (secondary N) is 2. The van der Waals surface area contributed by atoms with Crippen LogP contribution in [0.5, 0.6) is 0 Å². The monoisotopic (exact) mass is 359 g/mol. The lowest BCUT2D eigenvalue weighted by Gasteiger charge is -2.08. The Morgan fingerprint density at radius 3 is 2.44 bits per heavy atom. The van der Waals surface area contributed by atoms with Crippen molar-refractivity contribution in [3.05, 3.63) is 47.7 Å². The van der Waals surface area contributed by atoms with Crippen LogP contribution in [0.15, 0.2) is 45.8 Å². The standard InChI is InChI=1S/C17H17N3O4S/c1-10-11(2)19-24-17(10)20-25(22,23)16-7-5-13-4-6-15(18-12(3)21)8-14(13)9-16/h4-9,20H,1-3H3,(H,18,21). The van der Waals surface area contributed by atoms with Gasteiger partial charge in [-0.05, 0) is 48.9 Å². The van der Waals surface area contributed by atoms with E-state index in [0.717, 1.165) is 5.39 Å². The third kappa shape index (κ3) is 3.48. The fourth-order valence-electron chi connectivity index (χ4n) is 2.36. The first-order valence-electron chi connectivity index (χ1n) is 7.53. The molecule has 8 heteroatoms. The van der Waals surface area contributed by atoms with Crippen molar-refractivity contribution in [2.75, 3.05) is 10.0 Å². The van der Waals surface area contributed by atoms with Crippen LogP contribution in [0.3, 0.4) is 0 Å². The van der Waals surface area contributed by atoms with E-state index in [2.05, 4.69) is 15.2 Å². The van der Waals surface area contributed by atoms with Gasteiger partial charge in [-0.1, -0.05) is 17.3 Å². The molecule has 0 unspecified atom stereocenters. The summed E-state index contributed by atoms with van der Waals surface area (Å²) < 4.78 is 32.6. The third-order valence-electron chi connectivity index (χ3n) is 3.83. The van der Waals surface area contributed by atoms with E-state index in [1.54, 1.807) is 38.1 Å². The lowest BCUT2D eigenvalue weighted by molar-refractivity contribution is -0.114. The number of aromatic nitrogens is 1. The van der Waals surface area contributed by atoms with Crippen LogP contribution in [0.2, 0.25) is 0 Å². The molecule has 0 spiro atoms. The molecule has 0 aliphatic heterocycles. The van der Waals surface area contributed by atoms with Gasteiger partial charge in [0.05, 0.1) is 10.6 Å². The average Bonchev–Trinajstić information content (AvgIpc) is 2.85. The Bertz CT molecular complexity index is 1070. The third-order valence-corrected chi connectivity index (χ3v) is 5.16. The molecule has 7 nitrogen and oxygen atoms in total. The smallest absolute Gasteiger partial charge is 0.264 e. The van der Waals surface area contributed by atoms with Crippen molar-refractivity contribution >= 4 is 38.3 Å². The first-order chi connectivity index (χ1) is 11.8. The van der Waals surface area contributed by atoms with Crippen molar-refractivity contribution in [1.82, 2.24) is 5.16 Å². The summed E-state index contributed by atoms with van der Waals surface area (Å²) in [5, 5.41) is 7.97. The number of hydrogen-bond donors (Lipinski definition) is 2. The van der Waals surface area contributed by atoms with Gasteiger partial charge in [0.25, 0.3) is 10.0 Å². The number of fused-ring (bicyclic) bond motifs is 1. The highest BCUT2D eigenvalue weighted by Gasteiger charge is 2.19. The summed E-state index contributed by atoms with van der Waals surface area (Å²) in [7, 11) is -3.82. The van der Waals surface area contributed by atoms with Crippen LogP contribution in [0.1, 0.15) is 18.2 Å². The van der Waals surface area contributed by atoms with Crippen LogP contribution in [0, 0.1) is 13.8 Å². The molecule has 0 bridgehead atoms. The van der Waals surface area contributed by atoms with Crippen LogP contribution in [-0.4, -0.2) is 19.5 Å². The summed E-state index contributed by atoms with van der Waals surface area (Å²) >= 11 is 0. The van der Waals surface area contributed by atoms with Gasteiger partial charge >= 0.3 is 0 Å². The van der Waals surface area contributed by atoms with Gasteiger partial charge in [0, 0.05) is 18.2 Å². The van der Waals surface area contributed by atoms with E-state index in [1.807, 2.05) is 6.07 Å². The van der Waals surface area contributed by atoms with Crippen LogP contribution < -0.4 is 10.0 Å². The molecule has 1 heterocycles. The second-order valence-corrected chi connectivity index (χ2v) is 7.41. The fourth-order valence-corrected chi connectivity index (χ4v) is 3.45. The number of carbonyl (C=O) groups is 1. The Morgan fingerprint density at radius 1 is 1.08 bits per heavy atom. The van der Waals surface area contributed by atoms with Crippen LogP contribution >= 0.6 is 0 Å². The Hall–Kier alpha value is -2.87. The molecule has 0 radical (unpaired) electrons. The van der Waals surface area contributed by atoms with Gasteiger partial charge in [0.1, 0.15) is 0 Å². The maximum Gasteiger partial charge on any atom is 0.264 e. The first kappa shape index (κ1) is 17.0. The molecule has 3 aromatic rings. The van der Waals surface area contributed by atoms with E-state index in [0.29, 0.717) is 22.3 Å². The minimum Gasteiger partial charge on any atom is -0.337 e. The summed E-state index contributed by atoms with van der Waals surface area (Å²) in [4.78, 5) is 11.3. The number of aryl methyl sites for hydroxylation is 1. The van der Waals surface area contributed by atoms with Gasteiger partial charge in [0.15, 0.2) is 0 Å². The minimum atomic E-state index is -3.82. The molecule has 0 saturated carbocycles. The maximum absolute atomic E-state index is 12.6. The number of nitrogens with zero attached hydrogens (tertiary/aromatic N) is 1. The van der Waals surface area contributed by atoms with Crippen LogP contribution in [0.25, 0.3) is 10.8 Å². The van der Waals surface area contributed by atoms with Crippen LogP contribution in [-0.2, 0) is 14.8 Å². The highest BCUT2D eigenvalue weighted by atomic mass is 32.2. The normalized spacial score (nSPS) is 11.5.